The Labute approximate surface area is 224 Å². The number of hydrogen-bond acceptors (Lipinski definition) is 7. The number of ether oxygens (including phenoxy) is 2. The van der Waals surface area contributed by atoms with Crippen molar-refractivity contribution in [2.24, 2.45) is 5.41 Å². The number of benzene rings is 1. The zero-order valence-corrected chi connectivity index (χ0v) is 22.6. The zero-order valence-electron chi connectivity index (χ0n) is 21.7. The predicted molar refractivity (Wildman–Crippen MR) is 138 cm³/mol. The van der Waals surface area contributed by atoms with Crippen LogP contribution in [0.5, 0.6) is 0 Å². The summed E-state index contributed by atoms with van der Waals surface area (Å²) in [5, 5.41) is 7.29. The number of allylic oxidation sites excluding steroid dienone is 2. The van der Waals surface area contributed by atoms with E-state index < -0.39 is 32.6 Å². The van der Waals surface area contributed by atoms with Crippen molar-refractivity contribution in [2.45, 2.75) is 64.5 Å². The van der Waals surface area contributed by atoms with Crippen LogP contribution >= 0.6 is 0 Å². The number of nitrogens with zero attached hydrogens (tertiary/aromatic N) is 2. The molecule has 3 aromatic rings. The fourth-order valence-electron chi connectivity index (χ4n) is 4.68. The standard InChI is InChI=1S/C27H29F2N3O6S/c1-17-13-20(38-31-17)16-36-23-22(37-25(28)29)9-6-10-27(23,3)39(34,35)32-19(14-18-7-4-5-8-21(18)32)15-30-24(33)26(2)11-12-26/h4-9,13-14,25H,10-12,15-16H2,1-3H3,(H,30,33). The van der Waals surface area contributed by atoms with E-state index >= 15 is 0 Å². The van der Waals surface area contributed by atoms with Gasteiger partial charge in [-0.2, -0.15) is 8.78 Å². The lowest BCUT2D eigenvalue weighted by atomic mass is 9.98. The van der Waals surface area contributed by atoms with Crippen molar-refractivity contribution in [3.8, 4) is 0 Å². The molecule has 0 aliphatic heterocycles. The van der Waals surface area contributed by atoms with Gasteiger partial charge in [-0.15, -0.1) is 0 Å². The van der Waals surface area contributed by atoms with Gasteiger partial charge in [-0.25, -0.2) is 12.4 Å². The van der Waals surface area contributed by atoms with Crippen molar-refractivity contribution in [3.05, 3.63) is 77.2 Å². The molecule has 0 radical (unpaired) electrons. The van der Waals surface area contributed by atoms with Gasteiger partial charge >= 0.3 is 6.61 Å². The normalized spacial score (nSPS) is 20.5. The van der Waals surface area contributed by atoms with Crippen LogP contribution in [0.25, 0.3) is 10.9 Å². The smallest absolute Gasteiger partial charge is 0.387 e. The van der Waals surface area contributed by atoms with Gasteiger partial charge in [0.2, 0.25) is 5.91 Å². The van der Waals surface area contributed by atoms with Gasteiger partial charge in [0.05, 0.1) is 23.4 Å². The summed E-state index contributed by atoms with van der Waals surface area (Å²) >= 11 is 0. The lowest BCUT2D eigenvalue weighted by Gasteiger charge is -2.34. The van der Waals surface area contributed by atoms with Crippen LogP contribution in [-0.2, 0) is 37.4 Å². The molecule has 0 saturated heterocycles. The van der Waals surface area contributed by atoms with Crippen LogP contribution in [-0.4, -0.2) is 34.8 Å². The minimum atomic E-state index is -4.40. The summed E-state index contributed by atoms with van der Waals surface area (Å²) in [6, 6.07) is 10.2. The fraction of sp³-hybridized carbons (Fsp3) is 0.407. The molecule has 1 saturated carbocycles. The van der Waals surface area contributed by atoms with E-state index in [1.807, 2.05) is 6.92 Å². The molecule has 9 nitrogen and oxygen atoms in total. The highest BCUT2D eigenvalue weighted by molar-refractivity contribution is 7.91. The molecule has 39 heavy (non-hydrogen) atoms. The largest absolute Gasteiger partial charge is 0.484 e. The van der Waals surface area contributed by atoms with Gasteiger partial charge in [0, 0.05) is 16.9 Å². The van der Waals surface area contributed by atoms with Crippen molar-refractivity contribution in [1.29, 1.82) is 0 Å². The molecule has 1 atom stereocenters. The van der Waals surface area contributed by atoms with Gasteiger partial charge in [-0.3, -0.25) is 4.79 Å². The Hall–Kier alpha value is -3.67. The van der Waals surface area contributed by atoms with Crippen LogP contribution in [0.2, 0.25) is 0 Å². The number of rotatable bonds is 10. The number of aromatic nitrogens is 2. The van der Waals surface area contributed by atoms with Crippen molar-refractivity contribution in [3.63, 3.8) is 0 Å². The Balaban J connectivity index is 1.58. The summed E-state index contributed by atoms with van der Waals surface area (Å²) in [6.07, 6.45) is 4.20. The van der Waals surface area contributed by atoms with Crippen molar-refractivity contribution >= 4 is 26.8 Å². The van der Waals surface area contributed by atoms with Crippen LogP contribution in [0.15, 0.2) is 64.6 Å². The first-order valence-corrected chi connectivity index (χ1v) is 13.9. The molecule has 2 heterocycles. The van der Waals surface area contributed by atoms with E-state index in [0.29, 0.717) is 22.3 Å². The van der Waals surface area contributed by atoms with Gasteiger partial charge in [-0.1, -0.05) is 36.4 Å². The first-order chi connectivity index (χ1) is 18.4. The molecule has 0 bridgehead atoms. The fourth-order valence-corrected chi connectivity index (χ4v) is 6.63. The average molecular weight is 562 g/mol. The van der Waals surface area contributed by atoms with Crippen molar-refractivity contribution in [2.75, 3.05) is 0 Å². The van der Waals surface area contributed by atoms with Crippen LogP contribution < -0.4 is 5.32 Å². The Morgan fingerprint density at radius 1 is 1.23 bits per heavy atom. The molecule has 1 N–H and O–H groups in total. The molecule has 0 spiro atoms. The maximum Gasteiger partial charge on any atom is 0.387 e. The van der Waals surface area contributed by atoms with E-state index in [-0.39, 0.29) is 37.0 Å². The molecular formula is C27H29F2N3O6S. The lowest BCUT2D eigenvalue weighted by Crippen LogP contribution is -2.44. The highest BCUT2D eigenvalue weighted by atomic mass is 32.2. The van der Waals surface area contributed by atoms with E-state index in [1.165, 1.54) is 23.0 Å². The molecule has 2 aliphatic rings. The van der Waals surface area contributed by atoms with Gasteiger partial charge in [0.15, 0.2) is 22.0 Å². The second kappa shape index (κ2) is 9.82. The minimum Gasteiger partial charge on any atom is -0.484 e. The quantitative estimate of drug-likeness (QED) is 0.374. The molecule has 1 amide bonds. The number of nitrogens with one attached hydrogen (secondary N) is 1. The zero-order chi connectivity index (χ0) is 28.0. The Bertz CT molecular complexity index is 1590. The van der Waals surface area contributed by atoms with E-state index in [4.69, 9.17) is 14.0 Å². The SMILES string of the molecule is Cc1cc(COC2=C(OC(F)F)C=CCC2(C)S(=O)(=O)n2c(CNC(=O)C3(C)CC3)cc3ccccc32)on1. The maximum absolute atomic E-state index is 14.5. The topological polar surface area (TPSA) is 113 Å². The predicted octanol–water partition coefficient (Wildman–Crippen LogP) is 4.92. The molecular weight excluding hydrogens is 532 g/mol. The number of carbonyl (C=O) groups is 1. The highest BCUT2D eigenvalue weighted by Gasteiger charge is 2.50. The third-order valence-corrected chi connectivity index (χ3v) is 9.66. The first-order valence-electron chi connectivity index (χ1n) is 12.5. The molecule has 2 aliphatic carbocycles. The molecule has 1 fully saturated rings. The lowest BCUT2D eigenvalue weighted by molar-refractivity contribution is -0.125. The summed E-state index contributed by atoms with van der Waals surface area (Å²) in [7, 11) is -4.40. The summed E-state index contributed by atoms with van der Waals surface area (Å²) in [5.41, 5.74) is 0.846. The number of alkyl halides is 2. The number of halogens is 2. The van der Waals surface area contributed by atoms with Crippen LogP contribution in [0.3, 0.4) is 0 Å². The summed E-state index contributed by atoms with van der Waals surface area (Å²) in [6.45, 7) is 1.48. The van der Waals surface area contributed by atoms with Crippen molar-refractivity contribution < 1.29 is 36.0 Å². The summed E-state index contributed by atoms with van der Waals surface area (Å²) in [4.78, 5) is 12.7. The van der Waals surface area contributed by atoms with Crippen LogP contribution in [0.1, 0.15) is 50.3 Å². The van der Waals surface area contributed by atoms with Gasteiger partial charge in [-0.05, 0) is 51.3 Å². The van der Waals surface area contributed by atoms with Crippen LogP contribution in [0, 0.1) is 12.3 Å². The van der Waals surface area contributed by atoms with Crippen molar-refractivity contribution in [1.82, 2.24) is 14.4 Å². The highest BCUT2D eigenvalue weighted by Crippen LogP contribution is 2.45. The third-order valence-electron chi connectivity index (χ3n) is 7.26. The molecule has 1 unspecified atom stereocenters. The van der Waals surface area contributed by atoms with E-state index in [2.05, 4.69) is 10.5 Å². The Morgan fingerprint density at radius 2 is 1.97 bits per heavy atom. The molecule has 208 valence electrons. The number of carbonyl (C=O) groups excluding carboxylic acids is 1. The van der Waals surface area contributed by atoms with Gasteiger partial charge < -0.3 is 19.3 Å². The number of hydrogen-bond donors (Lipinski definition) is 1. The average Bonchev–Trinajstić information content (AvgIpc) is 3.32. The summed E-state index contributed by atoms with van der Waals surface area (Å²) in [5.74, 6) is -0.541. The second-order valence-corrected chi connectivity index (χ2v) is 12.6. The van der Waals surface area contributed by atoms with E-state index in [9.17, 15) is 22.0 Å². The molecule has 5 rings (SSSR count). The van der Waals surface area contributed by atoms with E-state index in [1.54, 1.807) is 43.3 Å². The van der Waals surface area contributed by atoms with Crippen LogP contribution in [0.4, 0.5) is 8.78 Å². The third kappa shape index (κ3) is 4.93. The molecule has 12 heteroatoms. The molecule has 2 aromatic heterocycles. The van der Waals surface area contributed by atoms with Gasteiger partial charge in [0.1, 0.15) is 6.61 Å². The first kappa shape index (κ1) is 26.9. The Morgan fingerprint density at radius 3 is 2.64 bits per heavy atom. The number of para-hydroxylation sites is 1. The second-order valence-electron chi connectivity index (χ2n) is 10.3. The monoisotopic (exact) mass is 561 g/mol. The maximum atomic E-state index is 14.5. The number of fused-ring (bicyclic) bond motifs is 1. The molecule has 1 aromatic carbocycles. The Kier molecular flexibility index (Phi) is 6.78. The van der Waals surface area contributed by atoms with E-state index in [0.717, 1.165) is 12.8 Å². The van der Waals surface area contributed by atoms with Gasteiger partial charge in [0.25, 0.3) is 10.0 Å². The number of aryl methyl sites for hydroxylation is 1. The number of amides is 1. The summed E-state index contributed by atoms with van der Waals surface area (Å²) < 4.78 is 70.9. The minimum absolute atomic E-state index is 0.0358.